The minimum Gasteiger partial charge on any atom is -0.462 e. The molecule has 0 aromatic rings. The van der Waals surface area contributed by atoms with Crippen molar-refractivity contribution in [1.82, 2.24) is 5.32 Å². The maximum absolute atomic E-state index is 12.4. The summed E-state index contributed by atoms with van der Waals surface area (Å²) in [6.07, 6.45) is 6.94. The average Bonchev–Trinajstić information content (AvgIpc) is 3.24. The lowest BCUT2D eigenvalue weighted by Crippen LogP contribution is -2.51. The lowest BCUT2D eigenvalue weighted by molar-refractivity contribution is -0.147. The first-order valence-electron chi connectivity index (χ1n) is 9.62. The molecular weight excluding hydrogens is 306 g/mol. The van der Waals surface area contributed by atoms with Gasteiger partial charge >= 0.3 is 5.97 Å². The molecule has 0 radical (unpaired) electrons. The normalized spacial score (nSPS) is 46.5. The third-order valence-corrected chi connectivity index (χ3v) is 7.15. The maximum atomic E-state index is 12.4. The van der Waals surface area contributed by atoms with E-state index in [1.54, 1.807) is 7.11 Å². The Morgan fingerprint density at radius 3 is 2.96 bits per heavy atom. The van der Waals surface area contributed by atoms with Gasteiger partial charge in [0.2, 0.25) is 0 Å². The summed E-state index contributed by atoms with van der Waals surface area (Å²) >= 11 is 0. The largest absolute Gasteiger partial charge is 0.462 e. The third kappa shape index (κ3) is 2.78. The van der Waals surface area contributed by atoms with Crippen LogP contribution in [0.5, 0.6) is 0 Å². The van der Waals surface area contributed by atoms with E-state index in [9.17, 15) is 4.79 Å². The number of hydrogen-bond acceptors (Lipinski definition) is 5. The number of fused-ring (bicyclic) bond motifs is 3. The number of rotatable bonds is 6. The van der Waals surface area contributed by atoms with Crippen LogP contribution in [-0.4, -0.2) is 51.1 Å². The molecule has 1 N–H and O–H groups in total. The van der Waals surface area contributed by atoms with Gasteiger partial charge in [-0.3, -0.25) is 4.79 Å². The highest BCUT2D eigenvalue weighted by atomic mass is 16.6. The highest BCUT2D eigenvalue weighted by molar-refractivity contribution is 5.75. The van der Waals surface area contributed by atoms with Gasteiger partial charge < -0.3 is 19.5 Å². The van der Waals surface area contributed by atoms with Crippen LogP contribution >= 0.6 is 0 Å². The van der Waals surface area contributed by atoms with E-state index in [0.717, 1.165) is 45.6 Å². The van der Waals surface area contributed by atoms with Gasteiger partial charge in [0.25, 0.3) is 0 Å². The van der Waals surface area contributed by atoms with Gasteiger partial charge in [0.05, 0.1) is 18.1 Å². The number of methoxy groups -OCH3 is 1. The highest BCUT2D eigenvalue weighted by Gasteiger charge is 2.64. The highest BCUT2D eigenvalue weighted by Crippen LogP contribution is 2.62. The van der Waals surface area contributed by atoms with Crippen LogP contribution in [0.1, 0.15) is 45.4 Å². The molecule has 4 aliphatic rings. The van der Waals surface area contributed by atoms with Crippen LogP contribution in [-0.2, 0) is 19.0 Å². The van der Waals surface area contributed by atoms with Crippen LogP contribution in [0.15, 0.2) is 0 Å². The first-order valence-corrected chi connectivity index (χ1v) is 9.62. The summed E-state index contributed by atoms with van der Waals surface area (Å²) in [6, 6.07) is 0. The van der Waals surface area contributed by atoms with E-state index in [2.05, 4.69) is 12.2 Å². The van der Waals surface area contributed by atoms with Crippen LogP contribution < -0.4 is 5.32 Å². The zero-order chi connectivity index (χ0) is 16.8. The summed E-state index contributed by atoms with van der Waals surface area (Å²) in [4.78, 5) is 12.4. The SMILES string of the molecule is COCCCNC[C@H]1C(=O)O[C@@H]2C[C@@]3(C)CCC[C@]4(CO4)[C@H]3C[C@@H]21. The second-order valence-corrected chi connectivity index (χ2v) is 8.65. The lowest BCUT2D eigenvalue weighted by atomic mass is 9.53. The Bertz CT molecular complexity index is 492. The van der Waals surface area contributed by atoms with Gasteiger partial charge in [-0.05, 0) is 56.4 Å². The smallest absolute Gasteiger partial charge is 0.310 e. The van der Waals surface area contributed by atoms with Crippen molar-refractivity contribution in [2.75, 3.05) is 33.4 Å². The van der Waals surface area contributed by atoms with E-state index in [1.807, 2.05) is 0 Å². The molecule has 2 aliphatic heterocycles. The van der Waals surface area contributed by atoms with Gasteiger partial charge in [-0.1, -0.05) is 6.92 Å². The average molecular weight is 337 g/mol. The molecule has 0 aromatic heterocycles. The predicted octanol–water partition coefficient (Wildman–Crippen LogP) is 2.14. The Balaban J connectivity index is 1.42. The van der Waals surface area contributed by atoms with Crippen LogP contribution in [0.4, 0.5) is 0 Å². The summed E-state index contributed by atoms with van der Waals surface area (Å²) in [5, 5.41) is 3.43. The quantitative estimate of drug-likeness (QED) is 0.457. The Morgan fingerprint density at radius 2 is 2.21 bits per heavy atom. The molecule has 4 fully saturated rings. The lowest BCUT2D eigenvalue weighted by Gasteiger charge is -2.51. The molecular formula is C19H31NO4. The molecule has 2 heterocycles. The third-order valence-electron chi connectivity index (χ3n) is 7.15. The molecule has 5 nitrogen and oxygen atoms in total. The van der Waals surface area contributed by atoms with Crippen molar-refractivity contribution in [3.63, 3.8) is 0 Å². The number of ether oxygens (including phenoxy) is 3. The Morgan fingerprint density at radius 1 is 1.38 bits per heavy atom. The number of hydrogen-bond donors (Lipinski definition) is 1. The molecule has 136 valence electrons. The van der Waals surface area contributed by atoms with Crippen molar-refractivity contribution < 1.29 is 19.0 Å². The molecule has 4 rings (SSSR count). The Hall–Kier alpha value is -0.650. The standard InChI is InChI=1S/C19H31NO4/c1-18-5-3-6-19(12-23-19)16(18)9-13-14(11-20-7-4-8-22-2)17(21)24-15(13)10-18/h13-16,20H,3-12H2,1-2H3/t13-,14-,15-,16+,18-,19+/m1/s1. The summed E-state index contributed by atoms with van der Waals surface area (Å²) in [6.45, 7) is 5.72. The molecule has 0 aromatic carbocycles. The van der Waals surface area contributed by atoms with Gasteiger partial charge in [-0.15, -0.1) is 0 Å². The van der Waals surface area contributed by atoms with Crippen LogP contribution in [0, 0.1) is 23.2 Å². The zero-order valence-electron chi connectivity index (χ0n) is 15.0. The van der Waals surface area contributed by atoms with E-state index >= 15 is 0 Å². The van der Waals surface area contributed by atoms with Crippen molar-refractivity contribution in [2.24, 2.45) is 23.2 Å². The topological polar surface area (TPSA) is 60.1 Å². The summed E-state index contributed by atoms with van der Waals surface area (Å²) < 4.78 is 16.8. The molecule has 2 aliphatic carbocycles. The summed E-state index contributed by atoms with van der Waals surface area (Å²) in [5.74, 6) is 0.993. The Labute approximate surface area is 144 Å². The zero-order valence-corrected chi connectivity index (χ0v) is 15.0. The molecule has 5 heteroatoms. The van der Waals surface area contributed by atoms with Crippen molar-refractivity contribution in [3.8, 4) is 0 Å². The van der Waals surface area contributed by atoms with E-state index in [4.69, 9.17) is 14.2 Å². The molecule has 2 saturated carbocycles. The molecule has 0 unspecified atom stereocenters. The number of carbonyl (C=O) groups excluding carboxylic acids is 1. The maximum Gasteiger partial charge on any atom is 0.310 e. The van der Waals surface area contributed by atoms with Crippen molar-refractivity contribution >= 4 is 5.97 Å². The number of epoxide rings is 1. The number of carbonyl (C=O) groups is 1. The molecule has 24 heavy (non-hydrogen) atoms. The van der Waals surface area contributed by atoms with Crippen LogP contribution in [0.3, 0.4) is 0 Å². The fourth-order valence-electron chi connectivity index (χ4n) is 5.79. The first-order chi connectivity index (χ1) is 11.6. The number of nitrogens with one attached hydrogen (secondary N) is 1. The monoisotopic (exact) mass is 337 g/mol. The molecule has 6 atom stereocenters. The van der Waals surface area contributed by atoms with Gasteiger partial charge in [0.15, 0.2) is 0 Å². The predicted molar refractivity (Wildman–Crippen MR) is 89.6 cm³/mol. The van der Waals surface area contributed by atoms with E-state index in [-0.39, 0.29) is 29.0 Å². The van der Waals surface area contributed by atoms with Gasteiger partial charge in [-0.2, -0.15) is 0 Å². The van der Waals surface area contributed by atoms with Crippen molar-refractivity contribution in [1.29, 1.82) is 0 Å². The second kappa shape index (κ2) is 6.26. The van der Waals surface area contributed by atoms with Gasteiger partial charge in [0, 0.05) is 26.2 Å². The molecule has 1 spiro atoms. The minimum absolute atomic E-state index is 0.0113. The fraction of sp³-hybridized carbons (Fsp3) is 0.947. The minimum atomic E-state index is 0.0113. The summed E-state index contributed by atoms with van der Waals surface area (Å²) in [5.41, 5.74) is 0.428. The first kappa shape index (κ1) is 16.8. The van der Waals surface area contributed by atoms with Gasteiger partial charge in [0.1, 0.15) is 6.10 Å². The van der Waals surface area contributed by atoms with Crippen molar-refractivity contribution in [3.05, 3.63) is 0 Å². The second-order valence-electron chi connectivity index (χ2n) is 8.65. The van der Waals surface area contributed by atoms with Crippen LogP contribution in [0.2, 0.25) is 0 Å². The van der Waals surface area contributed by atoms with Crippen LogP contribution in [0.25, 0.3) is 0 Å². The van der Waals surface area contributed by atoms with E-state index in [1.165, 1.54) is 19.3 Å². The molecule has 2 saturated heterocycles. The van der Waals surface area contributed by atoms with Crippen molar-refractivity contribution in [2.45, 2.75) is 57.2 Å². The van der Waals surface area contributed by atoms with Gasteiger partial charge in [-0.25, -0.2) is 0 Å². The van der Waals surface area contributed by atoms with E-state index in [0.29, 0.717) is 11.8 Å². The Kier molecular flexibility index (Phi) is 4.38. The molecule has 0 amide bonds. The molecule has 0 bridgehead atoms. The number of esters is 1. The summed E-state index contributed by atoms with van der Waals surface area (Å²) in [7, 11) is 1.72. The van der Waals surface area contributed by atoms with E-state index < -0.39 is 0 Å². The fourth-order valence-corrected chi connectivity index (χ4v) is 5.79.